The van der Waals surface area contributed by atoms with E-state index in [9.17, 15) is 0 Å². The van der Waals surface area contributed by atoms with Gasteiger partial charge in [0.1, 0.15) is 5.75 Å². The van der Waals surface area contributed by atoms with Gasteiger partial charge in [-0.25, -0.2) is 0 Å². The highest BCUT2D eigenvalue weighted by Gasteiger charge is 2.06. The van der Waals surface area contributed by atoms with Crippen molar-refractivity contribution in [3.8, 4) is 5.75 Å². The molecule has 20 heavy (non-hydrogen) atoms. The van der Waals surface area contributed by atoms with E-state index in [1.54, 1.807) is 7.11 Å². The van der Waals surface area contributed by atoms with Crippen molar-refractivity contribution in [3.05, 3.63) is 53.9 Å². The average Bonchev–Trinajstić information content (AvgIpc) is 2.93. The number of rotatable bonds is 7. The van der Waals surface area contributed by atoms with Crippen molar-refractivity contribution in [2.45, 2.75) is 32.9 Å². The third kappa shape index (κ3) is 3.87. The molecule has 0 bridgehead atoms. The molecule has 0 spiro atoms. The third-order valence-corrected chi connectivity index (χ3v) is 3.47. The Labute approximate surface area is 121 Å². The summed E-state index contributed by atoms with van der Waals surface area (Å²) < 4.78 is 7.48. The highest BCUT2D eigenvalue weighted by molar-refractivity contribution is 5.29. The van der Waals surface area contributed by atoms with Gasteiger partial charge in [-0.3, -0.25) is 0 Å². The molecule has 1 N–H and O–H groups in total. The molecule has 108 valence electrons. The fourth-order valence-corrected chi connectivity index (χ4v) is 2.27. The van der Waals surface area contributed by atoms with Crippen LogP contribution in [0.5, 0.6) is 5.75 Å². The molecule has 0 aliphatic heterocycles. The van der Waals surface area contributed by atoms with Crippen molar-refractivity contribution in [2.75, 3.05) is 13.7 Å². The van der Waals surface area contributed by atoms with Gasteiger partial charge in [0.05, 0.1) is 7.11 Å². The molecule has 0 radical (unpaired) electrons. The Morgan fingerprint density at radius 1 is 1.30 bits per heavy atom. The van der Waals surface area contributed by atoms with E-state index in [4.69, 9.17) is 4.74 Å². The third-order valence-electron chi connectivity index (χ3n) is 3.47. The highest BCUT2D eigenvalue weighted by Crippen LogP contribution is 2.16. The molecule has 0 aliphatic rings. The zero-order valence-electron chi connectivity index (χ0n) is 12.6. The monoisotopic (exact) mass is 272 g/mol. The van der Waals surface area contributed by atoms with E-state index >= 15 is 0 Å². The number of nitrogens with one attached hydrogen (secondary N) is 1. The second kappa shape index (κ2) is 7.15. The van der Waals surface area contributed by atoms with Gasteiger partial charge in [0.25, 0.3) is 0 Å². The maximum atomic E-state index is 5.26. The summed E-state index contributed by atoms with van der Waals surface area (Å²) in [5, 5.41) is 3.51. The van der Waals surface area contributed by atoms with E-state index in [-0.39, 0.29) is 0 Å². The largest absolute Gasteiger partial charge is 0.497 e. The SMILES string of the molecule is CCCNC(C)c1ccn(Cc2cccc(OC)c2)c1. The first-order valence-electron chi connectivity index (χ1n) is 7.25. The average molecular weight is 272 g/mol. The summed E-state index contributed by atoms with van der Waals surface area (Å²) in [6.07, 6.45) is 5.51. The van der Waals surface area contributed by atoms with Gasteiger partial charge in [0, 0.05) is 25.0 Å². The van der Waals surface area contributed by atoms with Crippen molar-refractivity contribution in [1.29, 1.82) is 0 Å². The Morgan fingerprint density at radius 3 is 2.90 bits per heavy atom. The smallest absolute Gasteiger partial charge is 0.119 e. The van der Waals surface area contributed by atoms with Crippen molar-refractivity contribution in [2.24, 2.45) is 0 Å². The van der Waals surface area contributed by atoms with Crippen LogP contribution in [0, 0.1) is 0 Å². The molecule has 1 aromatic heterocycles. The molecule has 3 nitrogen and oxygen atoms in total. The second-order valence-electron chi connectivity index (χ2n) is 5.14. The normalized spacial score (nSPS) is 12.3. The number of methoxy groups -OCH3 is 1. The number of hydrogen-bond acceptors (Lipinski definition) is 2. The molecule has 0 aliphatic carbocycles. The number of aromatic nitrogens is 1. The molecule has 0 saturated heterocycles. The van der Waals surface area contributed by atoms with Crippen molar-refractivity contribution >= 4 is 0 Å². The summed E-state index contributed by atoms with van der Waals surface area (Å²) in [5.74, 6) is 0.910. The predicted molar refractivity (Wildman–Crippen MR) is 83.2 cm³/mol. The standard InChI is InChI=1S/C17H24N2O/c1-4-9-18-14(2)16-8-10-19(13-16)12-15-6-5-7-17(11-15)20-3/h5-8,10-11,13-14,18H,4,9,12H2,1-3H3. The van der Waals surface area contributed by atoms with Crippen LogP contribution in [0.15, 0.2) is 42.7 Å². The Kier molecular flexibility index (Phi) is 5.24. The van der Waals surface area contributed by atoms with Crippen LogP contribution < -0.4 is 10.1 Å². The zero-order valence-corrected chi connectivity index (χ0v) is 12.6. The first-order chi connectivity index (χ1) is 9.72. The summed E-state index contributed by atoms with van der Waals surface area (Å²) in [4.78, 5) is 0. The Balaban J connectivity index is 2.01. The quantitative estimate of drug-likeness (QED) is 0.833. The lowest BCUT2D eigenvalue weighted by atomic mass is 10.2. The maximum absolute atomic E-state index is 5.26. The lowest BCUT2D eigenvalue weighted by Gasteiger charge is -2.11. The number of benzene rings is 1. The fraction of sp³-hybridized carbons (Fsp3) is 0.412. The van der Waals surface area contributed by atoms with Gasteiger partial charge in [0.15, 0.2) is 0 Å². The zero-order chi connectivity index (χ0) is 14.4. The summed E-state index contributed by atoms with van der Waals surface area (Å²) in [6.45, 7) is 6.33. The Hall–Kier alpha value is -1.74. The first kappa shape index (κ1) is 14.7. The molecule has 0 fully saturated rings. The molecule has 1 atom stereocenters. The molecule has 0 amide bonds. The van der Waals surface area contributed by atoms with Crippen molar-refractivity contribution in [1.82, 2.24) is 9.88 Å². The van der Waals surface area contributed by atoms with Gasteiger partial charge >= 0.3 is 0 Å². The van der Waals surface area contributed by atoms with Crippen LogP contribution in [0.3, 0.4) is 0 Å². The highest BCUT2D eigenvalue weighted by atomic mass is 16.5. The lowest BCUT2D eigenvalue weighted by molar-refractivity contribution is 0.414. The van der Waals surface area contributed by atoms with E-state index in [1.165, 1.54) is 11.1 Å². The van der Waals surface area contributed by atoms with E-state index in [2.05, 4.69) is 54.3 Å². The molecule has 1 aromatic carbocycles. The summed E-state index contributed by atoms with van der Waals surface area (Å²) in [5.41, 5.74) is 2.59. The van der Waals surface area contributed by atoms with Gasteiger partial charge in [0.2, 0.25) is 0 Å². The van der Waals surface area contributed by atoms with Crippen LogP contribution in [0.4, 0.5) is 0 Å². The molecule has 3 heteroatoms. The van der Waals surface area contributed by atoms with Crippen LogP contribution >= 0.6 is 0 Å². The second-order valence-corrected chi connectivity index (χ2v) is 5.14. The lowest BCUT2D eigenvalue weighted by Crippen LogP contribution is -2.18. The van der Waals surface area contributed by atoms with Gasteiger partial charge in [-0.2, -0.15) is 0 Å². The van der Waals surface area contributed by atoms with Gasteiger partial charge in [-0.15, -0.1) is 0 Å². The summed E-state index contributed by atoms with van der Waals surface area (Å²) in [7, 11) is 1.70. The molecule has 1 heterocycles. The van der Waals surface area contributed by atoms with Gasteiger partial charge in [-0.05, 0) is 49.2 Å². The van der Waals surface area contributed by atoms with E-state index in [0.717, 1.165) is 25.3 Å². The maximum Gasteiger partial charge on any atom is 0.119 e. The number of nitrogens with zero attached hydrogens (tertiary/aromatic N) is 1. The molecule has 1 unspecified atom stereocenters. The van der Waals surface area contributed by atoms with Crippen molar-refractivity contribution < 1.29 is 4.74 Å². The molecule has 0 saturated carbocycles. The summed E-state index contributed by atoms with van der Waals surface area (Å²) >= 11 is 0. The number of ether oxygens (including phenoxy) is 1. The van der Waals surface area contributed by atoms with E-state index < -0.39 is 0 Å². The van der Waals surface area contributed by atoms with Crippen LogP contribution in [0.2, 0.25) is 0 Å². The van der Waals surface area contributed by atoms with E-state index in [1.807, 2.05) is 12.1 Å². The minimum atomic E-state index is 0.404. The van der Waals surface area contributed by atoms with Crippen LogP contribution in [0.25, 0.3) is 0 Å². The molecular formula is C17H24N2O. The van der Waals surface area contributed by atoms with Gasteiger partial charge in [-0.1, -0.05) is 19.1 Å². The Morgan fingerprint density at radius 2 is 2.15 bits per heavy atom. The van der Waals surface area contributed by atoms with E-state index in [0.29, 0.717) is 6.04 Å². The van der Waals surface area contributed by atoms with Crippen LogP contribution in [-0.2, 0) is 6.54 Å². The molecule has 2 rings (SSSR count). The molecule has 2 aromatic rings. The first-order valence-corrected chi connectivity index (χ1v) is 7.25. The number of hydrogen-bond donors (Lipinski definition) is 1. The topological polar surface area (TPSA) is 26.2 Å². The van der Waals surface area contributed by atoms with Crippen LogP contribution in [-0.4, -0.2) is 18.2 Å². The predicted octanol–water partition coefficient (Wildman–Crippen LogP) is 3.61. The fourth-order valence-electron chi connectivity index (χ4n) is 2.27. The molecular weight excluding hydrogens is 248 g/mol. The minimum absolute atomic E-state index is 0.404. The Bertz CT molecular complexity index is 533. The van der Waals surface area contributed by atoms with Gasteiger partial charge < -0.3 is 14.6 Å². The van der Waals surface area contributed by atoms with Crippen molar-refractivity contribution in [3.63, 3.8) is 0 Å². The summed E-state index contributed by atoms with van der Waals surface area (Å²) in [6, 6.07) is 10.8. The minimum Gasteiger partial charge on any atom is -0.497 e. The van der Waals surface area contributed by atoms with Crippen LogP contribution in [0.1, 0.15) is 37.4 Å².